The van der Waals surface area contributed by atoms with Crippen LogP contribution in [0.4, 0.5) is 5.69 Å². The van der Waals surface area contributed by atoms with Gasteiger partial charge < -0.3 is 19.2 Å². The number of hydrogen-bond donors (Lipinski definition) is 1. The number of fused-ring (bicyclic) bond motifs is 1. The quantitative estimate of drug-likeness (QED) is 0.550. The molecule has 4 rings (SSSR count). The van der Waals surface area contributed by atoms with Gasteiger partial charge in [0.05, 0.1) is 24.4 Å². The van der Waals surface area contributed by atoms with Crippen LogP contribution in [-0.2, 0) is 0 Å². The molecular formula is C22H16N2O5. The molecule has 0 radical (unpaired) electrons. The predicted octanol–water partition coefficient (Wildman–Crippen LogP) is 4.24. The first kappa shape index (κ1) is 18.2. The molecule has 2 aromatic heterocycles. The van der Waals surface area contributed by atoms with Crippen molar-refractivity contribution in [3.8, 4) is 17.4 Å². The van der Waals surface area contributed by atoms with Gasteiger partial charge in [0.1, 0.15) is 5.58 Å². The van der Waals surface area contributed by atoms with Gasteiger partial charge >= 0.3 is 0 Å². The maximum Gasteiger partial charge on any atom is 0.291 e. The third-order valence-electron chi connectivity index (χ3n) is 4.14. The molecule has 1 N–H and O–H groups in total. The Balaban J connectivity index is 1.50. The number of aromatic nitrogens is 1. The smallest absolute Gasteiger partial charge is 0.291 e. The van der Waals surface area contributed by atoms with Crippen LogP contribution in [0.15, 0.2) is 82.1 Å². The lowest BCUT2D eigenvalue weighted by Crippen LogP contribution is -2.15. The fourth-order valence-corrected chi connectivity index (χ4v) is 2.74. The van der Waals surface area contributed by atoms with Crippen molar-refractivity contribution in [3.63, 3.8) is 0 Å². The first-order valence-electron chi connectivity index (χ1n) is 8.75. The van der Waals surface area contributed by atoms with E-state index in [-0.39, 0.29) is 11.2 Å². The number of para-hydroxylation sites is 3. The van der Waals surface area contributed by atoms with E-state index >= 15 is 0 Å². The molecule has 7 nitrogen and oxygen atoms in total. The molecule has 0 fully saturated rings. The van der Waals surface area contributed by atoms with E-state index in [9.17, 15) is 9.59 Å². The average Bonchev–Trinajstić information content (AvgIpc) is 2.75. The van der Waals surface area contributed by atoms with E-state index in [4.69, 9.17) is 13.9 Å². The number of carbonyl (C=O) groups excluding carboxylic acids is 1. The van der Waals surface area contributed by atoms with Crippen LogP contribution < -0.4 is 20.2 Å². The lowest BCUT2D eigenvalue weighted by atomic mass is 10.2. The van der Waals surface area contributed by atoms with Gasteiger partial charge in [0.25, 0.3) is 5.91 Å². The topological polar surface area (TPSA) is 90.7 Å². The van der Waals surface area contributed by atoms with Gasteiger partial charge in [-0.1, -0.05) is 24.3 Å². The number of nitrogens with zero attached hydrogens (tertiary/aromatic N) is 1. The molecule has 0 spiro atoms. The van der Waals surface area contributed by atoms with Crippen molar-refractivity contribution in [2.45, 2.75) is 0 Å². The number of ether oxygens (including phenoxy) is 2. The highest BCUT2D eigenvalue weighted by Crippen LogP contribution is 2.30. The van der Waals surface area contributed by atoms with Crippen LogP contribution in [0.25, 0.3) is 11.0 Å². The molecule has 0 aliphatic rings. The highest BCUT2D eigenvalue weighted by Gasteiger charge is 2.13. The summed E-state index contributed by atoms with van der Waals surface area (Å²) in [5.74, 6) is 0.816. The van der Waals surface area contributed by atoms with E-state index in [1.54, 1.807) is 55.6 Å². The number of hydrogen-bond acceptors (Lipinski definition) is 6. The van der Waals surface area contributed by atoms with E-state index in [0.29, 0.717) is 34.0 Å². The summed E-state index contributed by atoms with van der Waals surface area (Å²) in [6.45, 7) is 0. The minimum atomic E-state index is -0.548. The summed E-state index contributed by atoms with van der Waals surface area (Å²) in [6, 6.07) is 18.4. The van der Waals surface area contributed by atoms with Crippen molar-refractivity contribution >= 4 is 22.6 Å². The molecule has 0 aliphatic carbocycles. The number of amides is 1. The molecule has 7 heteroatoms. The Morgan fingerprint density at radius 3 is 2.52 bits per heavy atom. The highest BCUT2D eigenvalue weighted by molar-refractivity contribution is 6.02. The number of pyridine rings is 1. The molecule has 1 amide bonds. The van der Waals surface area contributed by atoms with Crippen LogP contribution in [0, 0.1) is 0 Å². The van der Waals surface area contributed by atoms with Crippen molar-refractivity contribution in [3.05, 3.63) is 88.9 Å². The highest BCUT2D eigenvalue weighted by atomic mass is 16.5. The number of anilines is 1. The molecular weight excluding hydrogens is 372 g/mol. The molecule has 0 unspecified atom stereocenters. The van der Waals surface area contributed by atoms with Gasteiger partial charge in [0, 0.05) is 12.1 Å². The van der Waals surface area contributed by atoms with Gasteiger partial charge in [0.2, 0.25) is 5.88 Å². The Kier molecular flexibility index (Phi) is 4.94. The second kappa shape index (κ2) is 7.85. The standard InChI is InChI=1S/C22H16N2O5/c1-27-18-8-4-5-9-19(18)29-21-11-10-14(13-23-21)24-22(26)20-12-16(25)15-6-2-3-7-17(15)28-20/h2-13H,1H3,(H,24,26). The lowest BCUT2D eigenvalue weighted by molar-refractivity contribution is 0.0997. The summed E-state index contributed by atoms with van der Waals surface area (Å²) in [6.07, 6.45) is 1.45. The molecule has 0 saturated carbocycles. The summed E-state index contributed by atoms with van der Waals surface area (Å²) in [7, 11) is 1.55. The van der Waals surface area contributed by atoms with Crippen molar-refractivity contribution in [1.82, 2.24) is 4.98 Å². The third-order valence-corrected chi connectivity index (χ3v) is 4.14. The second-order valence-corrected chi connectivity index (χ2v) is 6.06. The molecule has 0 aliphatic heterocycles. The molecule has 0 atom stereocenters. The first-order valence-corrected chi connectivity index (χ1v) is 8.75. The number of carbonyl (C=O) groups is 1. The third kappa shape index (κ3) is 3.93. The van der Waals surface area contributed by atoms with Crippen LogP contribution in [0.1, 0.15) is 10.6 Å². The first-order chi connectivity index (χ1) is 14.1. The van der Waals surface area contributed by atoms with Crippen LogP contribution in [-0.4, -0.2) is 18.0 Å². The monoisotopic (exact) mass is 388 g/mol. The van der Waals surface area contributed by atoms with Gasteiger partial charge in [-0.15, -0.1) is 0 Å². The number of methoxy groups -OCH3 is 1. The Bertz CT molecular complexity index is 1230. The Hall–Kier alpha value is -4.13. The molecule has 0 saturated heterocycles. The van der Waals surface area contributed by atoms with E-state index in [0.717, 1.165) is 0 Å². The molecule has 29 heavy (non-hydrogen) atoms. The largest absolute Gasteiger partial charge is 0.493 e. The van der Waals surface area contributed by atoms with Crippen LogP contribution in [0.3, 0.4) is 0 Å². The zero-order chi connectivity index (χ0) is 20.2. The molecule has 0 bridgehead atoms. The molecule has 2 heterocycles. The Morgan fingerprint density at radius 1 is 1.00 bits per heavy atom. The fraction of sp³-hybridized carbons (Fsp3) is 0.0455. The minimum absolute atomic E-state index is 0.0805. The van der Waals surface area contributed by atoms with Gasteiger partial charge in [-0.3, -0.25) is 9.59 Å². The van der Waals surface area contributed by atoms with Gasteiger partial charge in [-0.05, 0) is 30.3 Å². The summed E-state index contributed by atoms with van der Waals surface area (Å²) in [5, 5.41) is 3.07. The predicted molar refractivity (Wildman–Crippen MR) is 108 cm³/mol. The zero-order valence-electron chi connectivity index (χ0n) is 15.4. The van der Waals surface area contributed by atoms with Crippen molar-refractivity contribution in [1.29, 1.82) is 0 Å². The average molecular weight is 388 g/mol. The van der Waals surface area contributed by atoms with Crippen LogP contribution in [0.5, 0.6) is 17.4 Å². The maximum atomic E-state index is 12.5. The van der Waals surface area contributed by atoms with Gasteiger partial charge in [-0.25, -0.2) is 4.98 Å². The van der Waals surface area contributed by atoms with E-state index in [2.05, 4.69) is 10.3 Å². The molecule has 2 aromatic carbocycles. The fourth-order valence-electron chi connectivity index (χ4n) is 2.74. The summed E-state index contributed by atoms with van der Waals surface area (Å²) in [5.41, 5.74) is 0.498. The van der Waals surface area contributed by atoms with E-state index in [1.165, 1.54) is 12.3 Å². The summed E-state index contributed by atoms with van der Waals surface area (Å²) >= 11 is 0. The summed E-state index contributed by atoms with van der Waals surface area (Å²) < 4.78 is 16.5. The van der Waals surface area contributed by atoms with Crippen molar-refractivity contribution in [2.75, 3.05) is 12.4 Å². The number of benzene rings is 2. The van der Waals surface area contributed by atoms with Crippen LogP contribution >= 0.6 is 0 Å². The Morgan fingerprint density at radius 2 is 1.76 bits per heavy atom. The molecule has 4 aromatic rings. The van der Waals surface area contributed by atoms with E-state index in [1.807, 2.05) is 12.1 Å². The lowest BCUT2D eigenvalue weighted by Gasteiger charge is -2.10. The van der Waals surface area contributed by atoms with Crippen LogP contribution in [0.2, 0.25) is 0 Å². The van der Waals surface area contributed by atoms with Crippen molar-refractivity contribution < 1.29 is 18.7 Å². The van der Waals surface area contributed by atoms with Crippen molar-refractivity contribution in [2.24, 2.45) is 0 Å². The number of nitrogens with one attached hydrogen (secondary N) is 1. The number of rotatable bonds is 5. The molecule has 144 valence electrons. The second-order valence-electron chi connectivity index (χ2n) is 6.06. The van der Waals surface area contributed by atoms with Gasteiger partial charge in [0.15, 0.2) is 22.7 Å². The SMILES string of the molecule is COc1ccccc1Oc1ccc(NC(=O)c2cc(=O)c3ccccc3o2)cn1. The Labute approximate surface area is 165 Å². The maximum absolute atomic E-state index is 12.5. The summed E-state index contributed by atoms with van der Waals surface area (Å²) in [4.78, 5) is 28.8. The normalized spacial score (nSPS) is 10.5. The van der Waals surface area contributed by atoms with E-state index < -0.39 is 5.91 Å². The minimum Gasteiger partial charge on any atom is -0.493 e. The zero-order valence-corrected chi connectivity index (χ0v) is 15.4. The van der Waals surface area contributed by atoms with Gasteiger partial charge in [-0.2, -0.15) is 0 Å².